The number of imide groups is 2. The average molecular weight is 727 g/mol. The lowest BCUT2D eigenvalue weighted by Crippen LogP contribution is -2.52. The minimum Gasteiger partial charge on any atom is -0.395 e. The normalized spacial score (nSPS) is 19.3. The summed E-state index contributed by atoms with van der Waals surface area (Å²) >= 11 is 0. The fourth-order valence-electron chi connectivity index (χ4n) is 7.46. The van der Waals surface area contributed by atoms with Crippen LogP contribution >= 0.6 is 0 Å². The van der Waals surface area contributed by atoms with Crippen LogP contribution in [0.3, 0.4) is 0 Å². The number of benzene rings is 4. The first-order valence-corrected chi connectivity index (χ1v) is 17.7. The second kappa shape index (κ2) is 14.1. The van der Waals surface area contributed by atoms with Gasteiger partial charge in [-0.2, -0.15) is 0 Å². The van der Waals surface area contributed by atoms with Crippen LogP contribution in [0.5, 0.6) is 11.5 Å². The van der Waals surface area contributed by atoms with Crippen LogP contribution in [-0.2, 0) is 45.1 Å². The number of piperidine rings is 2. The monoisotopic (exact) mass is 726 g/mol. The number of ether oxygens (including phenoxy) is 2. The Kier molecular flexibility index (Phi) is 8.98. The van der Waals surface area contributed by atoms with Crippen molar-refractivity contribution in [1.29, 1.82) is 0 Å². The van der Waals surface area contributed by atoms with Gasteiger partial charge in [-0.1, -0.05) is 48.5 Å². The molecule has 272 valence electrons. The number of nitrogens with one attached hydrogen (secondary N) is 2. The van der Waals surface area contributed by atoms with Crippen LogP contribution in [0, 0.1) is 0 Å². The van der Waals surface area contributed by atoms with Gasteiger partial charge in [-0.3, -0.25) is 39.4 Å². The zero-order chi connectivity index (χ0) is 37.5. The summed E-state index contributed by atoms with van der Waals surface area (Å²) in [6.45, 7) is 0.642. The molecule has 2 atom stereocenters. The van der Waals surface area contributed by atoms with Gasteiger partial charge in [0.25, 0.3) is 11.8 Å². The zero-order valence-corrected chi connectivity index (χ0v) is 29.0. The topological polar surface area (TPSA) is 168 Å². The van der Waals surface area contributed by atoms with E-state index in [1.165, 1.54) is 9.80 Å². The summed E-state index contributed by atoms with van der Waals surface area (Å²) in [6, 6.07) is 23.9. The molecule has 0 bridgehead atoms. The fourth-order valence-corrected chi connectivity index (χ4v) is 7.46. The lowest BCUT2D eigenvalue weighted by molar-refractivity contribution is -0.138. The van der Waals surface area contributed by atoms with E-state index < -0.39 is 30.1 Å². The SMILES string of the molecule is O=C1CCC(N2Cc3ccc(Cc4ccc(OC(=O)Oc5ccc(Cc6ccc7c(c6)C(=O)N(C6CCC(=O)NC6=O)C7)cc5)cc4)cc3C2=O)C(=O)N1. The van der Waals surface area contributed by atoms with Crippen molar-refractivity contribution in [1.82, 2.24) is 20.4 Å². The molecule has 4 aromatic carbocycles. The van der Waals surface area contributed by atoms with Crippen LogP contribution in [-0.4, -0.2) is 63.5 Å². The molecule has 0 aromatic heterocycles. The molecule has 2 fully saturated rings. The molecular weight excluding hydrogens is 692 g/mol. The van der Waals surface area contributed by atoms with Gasteiger partial charge in [0.2, 0.25) is 23.6 Å². The van der Waals surface area contributed by atoms with E-state index in [9.17, 15) is 33.6 Å². The predicted octanol–water partition coefficient (Wildman–Crippen LogP) is 3.97. The summed E-state index contributed by atoms with van der Waals surface area (Å²) in [6.07, 6.45) is 1.18. The molecule has 4 aromatic rings. The van der Waals surface area contributed by atoms with Crippen molar-refractivity contribution < 1.29 is 43.0 Å². The van der Waals surface area contributed by atoms with Crippen LogP contribution in [0.2, 0.25) is 0 Å². The van der Waals surface area contributed by atoms with Crippen molar-refractivity contribution in [2.24, 2.45) is 0 Å². The van der Waals surface area contributed by atoms with Gasteiger partial charge in [-0.05, 0) is 95.5 Å². The van der Waals surface area contributed by atoms with Gasteiger partial charge in [0, 0.05) is 37.1 Å². The smallest absolute Gasteiger partial charge is 0.395 e. The molecule has 13 heteroatoms. The highest BCUT2D eigenvalue weighted by Gasteiger charge is 2.40. The van der Waals surface area contributed by atoms with Crippen molar-refractivity contribution in [2.45, 2.75) is 63.7 Å². The first-order chi connectivity index (χ1) is 26.1. The number of carbonyl (C=O) groups is 7. The molecular formula is C41H34N4O9. The maximum atomic E-state index is 13.2. The minimum atomic E-state index is -0.897. The molecule has 2 unspecified atom stereocenters. The molecule has 0 saturated carbocycles. The van der Waals surface area contributed by atoms with E-state index in [1.807, 2.05) is 60.7 Å². The Morgan fingerprint density at radius 2 is 0.944 bits per heavy atom. The number of nitrogens with zero attached hydrogens (tertiary/aromatic N) is 2. The van der Waals surface area contributed by atoms with Crippen LogP contribution in [0.25, 0.3) is 0 Å². The molecule has 0 radical (unpaired) electrons. The molecule has 2 saturated heterocycles. The van der Waals surface area contributed by atoms with Crippen LogP contribution in [0.4, 0.5) is 4.79 Å². The summed E-state index contributed by atoms with van der Waals surface area (Å²) in [7, 11) is 0. The van der Waals surface area contributed by atoms with Crippen molar-refractivity contribution in [3.63, 3.8) is 0 Å². The number of rotatable bonds is 8. The molecule has 4 aliphatic rings. The third kappa shape index (κ3) is 6.95. The standard InChI is InChI=1S/C41H34N4O9/c46-35-15-13-33(37(48)42-35)44-21-27-7-1-25(19-31(27)39(44)50)17-23-3-9-29(10-4-23)53-41(52)54-30-11-5-24(6-12-30)18-26-2-8-28-22-45(40(51)32(28)20-26)34-14-16-36(47)43-38(34)49/h1-12,19-20,33-34H,13-18,21-22H2,(H,42,46,48)(H,43,47,49). The average Bonchev–Trinajstić information content (AvgIpc) is 3.65. The summed E-state index contributed by atoms with van der Waals surface area (Å²) < 4.78 is 10.8. The second-order valence-corrected chi connectivity index (χ2v) is 13.9. The van der Waals surface area contributed by atoms with E-state index in [0.717, 1.165) is 33.4 Å². The summed E-state index contributed by atoms with van der Waals surface area (Å²) in [5.74, 6) is -1.38. The highest BCUT2D eigenvalue weighted by atomic mass is 16.7. The lowest BCUT2D eigenvalue weighted by Gasteiger charge is -2.29. The first kappa shape index (κ1) is 34.5. The molecule has 4 aliphatic heterocycles. The number of fused-ring (bicyclic) bond motifs is 2. The zero-order valence-electron chi connectivity index (χ0n) is 29.0. The largest absolute Gasteiger partial charge is 0.519 e. The number of amides is 6. The maximum Gasteiger partial charge on any atom is 0.519 e. The Bertz CT molecular complexity index is 2090. The third-order valence-corrected chi connectivity index (χ3v) is 10.3. The van der Waals surface area contributed by atoms with Gasteiger partial charge >= 0.3 is 6.16 Å². The highest BCUT2D eigenvalue weighted by molar-refractivity contribution is 6.06. The van der Waals surface area contributed by atoms with Crippen molar-refractivity contribution >= 4 is 41.6 Å². The van der Waals surface area contributed by atoms with Crippen LogP contribution in [0.15, 0.2) is 84.9 Å². The van der Waals surface area contributed by atoms with Crippen molar-refractivity contribution in [3.8, 4) is 11.5 Å². The van der Waals surface area contributed by atoms with Gasteiger partial charge in [0.1, 0.15) is 23.6 Å². The molecule has 13 nitrogen and oxygen atoms in total. The Morgan fingerprint density at radius 3 is 1.33 bits per heavy atom. The summed E-state index contributed by atoms with van der Waals surface area (Å²) in [5, 5.41) is 4.64. The Labute approximate surface area is 309 Å². The van der Waals surface area contributed by atoms with Gasteiger partial charge in [-0.15, -0.1) is 0 Å². The summed E-state index contributed by atoms with van der Waals surface area (Å²) in [5.41, 5.74) is 6.44. The van der Waals surface area contributed by atoms with Gasteiger partial charge in [0.15, 0.2) is 0 Å². The van der Waals surface area contributed by atoms with E-state index in [0.29, 0.717) is 61.4 Å². The summed E-state index contributed by atoms with van der Waals surface area (Å²) in [4.78, 5) is 89.8. The molecule has 8 rings (SSSR count). The van der Waals surface area contributed by atoms with Gasteiger partial charge in [0.05, 0.1) is 0 Å². The molecule has 0 aliphatic carbocycles. The number of hydrogen-bond donors (Lipinski definition) is 2. The van der Waals surface area contributed by atoms with E-state index in [-0.39, 0.29) is 36.5 Å². The van der Waals surface area contributed by atoms with Crippen molar-refractivity contribution in [3.05, 3.63) is 129 Å². The van der Waals surface area contributed by atoms with E-state index in [1.54, 1.807) is 24.3 Å². The van der Waals surface area contributed by atoms with Gasteiger partial charge in [-0.25, -0.2) is 4.79 Å². The van der Waals surface area contributed by atoms with E-state index in [4.69, 9.17) is 9.47 Å². The first-order valence-electron chi connectivity index (χ1n) is 17.7. The quantitative estimate of drug-likeness (QED) is 0.155. The van der Waals surface area contributed by atoms with E-state index >= 15 is 0 Å². The Morgan fingerprint density at radius 1 is 0.556 bits per heavy atom. The van der Waals surface area contributed by atoms with E-state index in [2.05, 4.69) is 10.6 Å². The Hall–Kier alpha value is -6.63. The molecule has 6 amide bonds. The minimum absolute atomic E-state index is 0.202. The molecule has 0 spiro atoms. The maximum absolute atomic E-state index is 13.2. The van der Waals surface area contributed by atoms with Crippen molar-refractivity contribution in [2.75, 3.05) is 0 Å². The van der Waals surface area contributed by atoms with Gasteiger partial charge < -0.3 is 19.3 Å². The number of hydrogen-bond acceptors (Lipinski definition) is 9. The highest BCUT2D eigenvalue weighted by Crippen LogP contribution is 2.31. The van der Waals surface area contributed by atoms with Crippen LogP contribution in [0.1, 0.15) is 79.8 Å². The second-order valence-electron chi connectivity index (χ2n) is 13.9. The fraction of sp³-hybridized carbons (Fsp3) is 0.244. The molecule has 54 heavy (non-hydrogen) atoms. The predicted molar refractivity (Wildman–Crippen MR) is 190 cm³/mol. The van der Waals surface area contributed by atoms with Crippen LogP contribution < -0.4 is 20.1 Å². The Balaban J connectivity index is 0.826. The molecule has 2 N–H and O–H groups in total. The third-order valence-electron chi connectivity index (χ3n) is 10.3. The molecule has 4 heterocycles. The lowest BCUT2D eigenvalue weighted by atomic mass is 10.0. The number of carbonyl (C=O) groups excluding carboxylic acids is 7.